The standard InChI is InChI=1S/C24H22N4O2S2/c1-14-8-9-17(12-15(14)2)21-20(23-26-22(27-30-23)19-7-5-11-32-19)16(3)28(24(29)25-21)13-18-6-4-10-31-18/h4-12,21H,13H2,1-3H3,(H,25,29). The molecule has 0 saturated heterocycles. The van der Waals surface area contributed by atoms with Crippen molar-refractivity contribution < 1.29 is 9.32 Å². The average Bonchev–Trinajstić information content (AvgIpc) is 3.54. The third-order valence-electron chi connectivity index (χ3n) is 5.75. The summed E-state index contributed by atoms with van der Waals surface area (Å²) in [6, 6.07) is 13.7. The number of thiophene rings is 2. The maximum Gasteiger partial charge on any atom is 0.322 e. The number of urea groups is 1. The third-order valence-corrected chi connectivity index (χ3v) is 7.48. The highest BCUT2D eigenvalue weighted by Gasteiger charge is 2.36. The number of nitrogens with one attached hydrogen (secondary N) is 1. The van der Waals surface area contributed by atoms with Crippen LogP contribution in [0.2, 0.25) is 0 Å². The smallest absolute Gasteiger partial charge is 0.322 e. The molecule has 1 aliphatic rings. The van der Waals surface area contributed by atoms with E-state index in [0.717, 1.165) is 26.6 Å². The van der Waals surface area contributed by atoms with Crippen molar-refractivity contribution in [1.29, 1.82) is 0 Å². The van der Waals surface area contributed by atoms with Gasteiger partial charge < -0.3 is 9.84 Å². The van der Waals surface area contributed by atoms with Crippen molar-refractivity contribution in [2.45, 2.75) is 33.4 Å². The van der Waals surface area contributed by atoms with Gasteiger partial charge in [0.1, 0.15) is 0 Å². The number of carbonyl (C=O) groups excluding carboxylic acids is 1. The Hall–Kier alpha value is -3.23. The van der Waals surface area contributed by atoms with Crippen molar-refractivity contribution in [2.24, 2.45) is 0 Å². The van der Waals surface area contributed by atoms with E-state index in [1.165, 1.54) is 11.1 Å². The molecule has 2 amide bonds. The van der Waals surface area contributed by atoms with E-state index in [2.05, 4.69) is 36.5 Å². The average molecular weight is 463 g/mol. The number of hydrogen-bond donors (Lipinski definition) is 1. The molecule has 0 fully saturated rings. The Labute approximate surface area is 194 Å². The Morgan fingerprint density at radius 2 is 1.88 bits per heavy atom. The molecule has 1 unspecified atom stereocenters. The van der Waals surface area contributed by atoms with E-state index in [1.807, 2.05) is 48.0 Å². The normalized spacial score (nSPS) is 16.5. The number of nitrogens with zero attached hydrogens (tertiary/aromatic N) is 3. The van der Waals surface area contributed by atoms with E-state index in [-0.39, 0.29) is 12.1 Å². The molecule has 3 aromatic heterocycles. The highest BCUT2D eigenvalue weighted by Crippen LogP contribution is 2.38. The lowest BCUT2D eigenvalue weighted by molar-refractivity contribution is 0.203. The maximum absolute atomic E-state index is 13.2. The van der Waals surface area contributed by atoms with Gasteiger partial charge in [-0.05, 0) is 60.4 Å². The van der Waals surface area contributed by atoms with Gasteiger partial charge >= 0.3 is 6.03 Å². The summed E-state index contributed by atoms with van der Waals surface area (Å²) < 4.78 is 5.74. The van der Waals surface area contributed by atoms with Crippen molar-refractivity contribution in [3.63, 3.8) is 0 Å². The van der Waals surface area contributed by atoms with Crippen LogP contribution in [-0.2, 0) is 6.54 Å². The second-order valence-electron chi connectivity index (χ2n) is 7.79. The van der Waals surface area contributed by atoms with Crippen LogP contribution in [0.15, 0.2) is 63.4 Å². The first kappa shape index (κ1) is 20.7. The third kappa shape index (κ3) is 3.76. The van der Waals surface area contributed by atoms with E-state index >= 15 is 0 Å². The molecule has 6 nitrogen and oxygen atoms in total. The monoisotopic (exact) mass is 462 g/mol. The zero-order valence-electron chi connectivity index (χ0n) is 18.0. The van der Waals surface area contributed by atoms with E-state index in [0.29, 0.717) is 18.3 Å². The minimum Gasteiger partial charge on any atom is -0.334 e. The van der Waals surface area contributed by atoms with Crippen LogP contribution in [0.25, 0.3) is 16.3 Å². The molecule has 4 aromatic rings. The highest BCUT2D eigenvalue weighted by molar-refractivity contribution is 7.13. The number of benzene rings is 1. The molecular formula is C24H22N4O2S2. The number of aromatic nitrogens is 2. The van der Waals surface area contributed by atoms with Crippen LogP contribution in [-0.4, -0.2) is 21.1 Å². The zero-order chi connectivity index (χ0) is 22.2. The lowest BCUT2D eigenvalue weighted by atomic mass is 9.92. The van der Waals surface area contributed by atoms with Crippen LogP contribution < -0.4 is 5.32 Å². The van der Waals surface area contributed by atoms with E-state index in [1.54, 1.807) is 27.6 Å². The molecule has 0 bridgehead atoms. The molecule has 1 aliphatic heterocycles. The summed E-state index contributed by atoms with van der Waals surface area (Å²) >= 11 is 3.19. The first-order valence-electron chi connectivity index (χ1n) is 10.3. The van der Waals surface area contributed by atoms with Gasteiger partial charge in [-0.2, -0.15) is 4.98 Å². The van der Waals surface area contributed by atoms with Crippen LogP contribution in [0.5, 0.6) is 0 Å². The van der Waals surface area contributed by atoms with Crippen molar-refractivity contribution in [3.8, 4) is 10.7 Å². The van der Waals surface area contributed by atoms with Gasteiger partial charge in [-0.25, -0.2) is 4.79 Å². The number of aryl methyl sites for hydroxylation is 2. The Balaban J connectivity index is 1.62. The summed E-state index contributed by atoms with van der Waals surface area (Å²) in [5.41, 5.74) is 4.99. The summed E-state index contributed by atoms with van der Waals surface area (Å²) in [5, 5.41) is 11.4. The minimum absolute atomic E-state index is 0.138. The minimum atomic E-state index is -0.377. The van der Waals surface area contributed by atoms with Crippen molar-refractivity contribution in [1.82, 2.24) is 20.4 Å². The molecule has 5 rings (SSSR count). The second kappa shape index (κ2) is 8.37. The molecule has 0 spiro atoms. The molecule has 32 heavy (non-hydrogen) atoms. The summed E-state index contributed by atoms with van der Waals surface area (Å²) in [7, 11) is 0. The Morgan fingerprint density at radius 3 is 2.59 bits per heavy atom. The summed E-state index contributed by atoms with van der Waals surface area (Å²) in [5.74, 6) is 0.973. The van der Waals surface area contributed by atoms with Gasteiger partial charge in [-0.1, -0.05) is 35.5 Å². The first-order chi connectivity index (χ1) is 15.5. The molecule has 1 N–H and O–H groups in total. The Bertz CT molecular complexity index is 1290. The fourth-order valence-electron chi connectivity index (χ4n) is 3.84. The molecule has 4 heterocycles. The zero-order valence-corrected chi connectivity index (χ0v) is 19.6. The lowest BCUT2D eigenvalue weighted by Crippen LogP contribution is -2.45. The van der Waals surface area contributed by atoms with Gasteiger partial charge in [-0.3, -0.25) is 4.90 Å². The fraction of sp³-hybridized carbons (Fsp3) is 0.208. The highest BCUT2D eigenvalue weighted by atomic mass is 32.1. The molecule has 8 heteroatoms. The number of amides is 2. The van der Waals surface area contributed by atoms with E-state index in [4.69, 9.17) is 9.51 Å². The molecule has 162 valence electrons. The second-order valence-corrected chi connectivity index (χ2v) is 9.77. The molecule has 0 saturated carbocycles. The predicted molar refractivity (Wildman–Crippen MR) is 127 cm³/mol. The summed E-state index contributed by atoms with van der Waals surface area (Å²) in [6.07, 6.45) is 0. The van der Waals surface area contributed by atoms with Crippen molar-refractivity contribution >= 4 is 34.3 Å². The lowest BCUT2D eigenvalue weighted by Gasteiger charge is -2.35. The molecular weight excluding hydrogens is 440 g/mol. The Morgan fingerprint density at radius 1 is 1.06 bits per heavy atom. The van der Waals surface area contributed by atoms with Gasteiger partial charge in [0.05, 0.1) is 23.0 Å². The quantitative estimate of drug-likeness (QED) is 0.385. The molecule has 0 radical (unpaired) electrons. The van der Waals surface area contributed by atoms with Crippen LogP contribution in [0.4, 0.5) is 4.79 Å². The number of rotatable bonds is 5. The van der Waals surface area contributed by atoms with Gasteiger partial charge in [0.15, 0.2) is 0 Å². The van der Waals surface area contributed by atoms with Crippen LogP contribution >= 0.6 is 22.7 Å². The van der Waals surface area contributed by atoms with Crippen molar-refractivity contribution in [2.75, 3.05) is 0 Å². The number of hydrogen-bond acceptors (Lipinski definition) is 6. The van der Waals surface area contributed by atoms with E-state index < -0.39 is 0 Å². The largest absolute Gasteiger partial charge is 0.334 e. The molecule has 1 aromatic carbocycles. The SMILES string of the molecule is CC1=C(c2nc(-c3cccs3)no2)C(c2ccc(C)c(C)c2)NC(=O)N1Cc1cccs1. The maximum atomic E-state index is 13.2. The van der Waals surface area contributed by atoms with Gasteiger partial charge in [0, 0.05) is 10.6 Å². The molecule has 0 aliphatic carbocycles. The van der Waals surface area contributed by atoms with Gasteiger partial charge in [-0.15, -0.1) is 22.7 Å². The van der Waals surface area contributed by atoms with Crippen molar-refractivity contribution in [3.05, 3.63) is 86.4 Å². The number of carbonyl (C=O) groups is 1. The predicted octanol–water partition coefficient (Wildman–Crippen LogP) is 6.17. The number of allylic oxidation sites excluding steroid dienone is 1. The van der Waals surface area contributed by atoms with Gasteiger partial charge in [0.25, 0.3) is 5.89 Å². The van der Waals surface area contributed by atoms with Gasteiger partial charge in [0.2, 0.25) is 5.82 Å². The summed E-state index contributed by atoms with van der Waals surface area (Å²) in [4.78, 5) is 21.6. The van der Waals surface area contributed by atoms with Crippen LogP contribution in [0.1, 0.15) is 40.4 Å². The Kier molecular flexibility index (Phi) is 5.40. The topological polar surface area (TPSA) is 71.3 Å². The molecule has 1 atom stereocenters. The fourth-order valence-corrected chi connectivity index (χ4v) is 5.18. The van der Waals surface area contributed by atoms with Crippen LogP contribution in [0, 0.1) is 13.8 Å². The summed E-state index contributed by atoms with van der Waals surface area (Å²) in [6.45, 7) is 6.59. The van der Waals surface area contributed by atoms with Crippen LogP contribution in [0.3, 0.4) is 0 Å². The van der Waals surface area contributed by atoms with E-state index in [9.17, 15) is 4.79 Å². The first-order valence-corrected chi connectivity index (χ1v) is 12.0.